The summed E-state index contributed by atoms with van der Waals surface area (Å²) in [5.74, 6) is 0. The van der Waals surface area contributed by atoms with E-state index in [0.29, 0.717) is 0 Å². The summed E-state index contributed by atoms with van der Waals surface area (Å²) in [7, 11) is 0. The molecule has 0 unspecified atom stereocenters. The summed E-state index contributed by atoms with van der Waals surface area (Å²) < 4.78 is 4.82. The van der Waals surface area contributed by atoms with Crippen LogP contribution >= 0.6 is 0 Å². The lowest BCUT2D eigenvalue weighted by Crippen LogP contribution is -1.94. The van der Waals surface area contributed by atoms with Gasteiger partial charge in [0.2, 0.25) is 0 Å². The fourth-order valence-electron chi connectivity index (χ4n) is 8.57. The van der Waals surface area contributed by atoms with Crippen molar-refractivity contribution in [1.82, 2.24) is 9.13 Å². The minimum atomic E-state index is 1.16. The molecule has 2 heteroatoms. The number of para-hydroxylation sites is 2. The van der Waals surface area contributed by atoms with Crippen molar-refractivity contribution < 1.29 is 0 Å². The van der Waals surface area contributed by atoms with E-state index in [2.05, 4.69) is 215 Å². The fraction of sp³-hybridized carbons (Fsp3) is 0. The SMILES string of the molecule is c1ccc(-c2ccc(-c3cccc4c3c3cc(-c5ccc6c(c5)c5ccccc5n6-c5ccccc5)ccc3n4-c3ccc4ccccc4c3)cc2)cc1. The van der Waals surface area contributed by atoms with Crippen LogP contribution in [-0.4, -0.2) is 9.13 Å². The number of hydrogen-bond donors (Lipinski definition) is 0. The van der Waals surface area contributed by atoms with E-state index < -0.39 is 0 Å². The van der Waals surface area contributed by atoms with Crippen LogP contribution in [0.25, 0.3) is 99.1 Å². The summed E-state index contributed by atoms with van der Waals surface area (Å²) >= 11 is 0. The molecular weight excluding hydrogens is 653 g/mol. The van der Waals surface area contributed by atoms with Gasteiger partial charge in [-0.15, -0.1) is 0 Å². The molecule has 11 aromatic rings. The molecule has 2 aromatic heterocycles. The minimum absolute atomic E-state index is 1.16. The van der Waals surface area contributed by atoms with Crippen LogP contribution in [0.2, 0.25) is 0 Å². The van der Waals surface area contributed by atoms with Gasteiger partial charge in [0.15, 0.2) is 0 Å². The van der Waals surface area contributed by atoms with Crippen molar-refractivity contribution in [2.24, 2.45) is 0 Å². The second kappa shape index (κ2) is 12.2. The molecule has 2 nitrogen and oxygen atoms in total. The molecule has 0 spiro atoms. The first-order valence-electron chi connectivity index (χ1n) is 18.6. The Balaban J connectivity index is 1.14. The first kappa shape index (κ1) is 30.5. The van der Waals surface area contributed by atoms with Gasteiger partial charge in [-0.05, 0) is 105 Å². The van der Waals surface area contributed by atoms with Crippen LogP contribution in [0.4, 0.5) is 0 Å². The van der Waals surface area contributed by atoms with E-state index in [1.165, 1.54) is 93.5 Å². The Hall–Kier alpha value is -7.16. The first-order valence-corrected chi connectivity index (χ1v) is 18.6. The highest BCUT2D eigenvalue weighted by atomic mass is 15.0. The van der Waals surface area contributed by atoms with Crippen molar-refractivity contribution in [1.29, 1.82) is 0 Å². The Morgan fingerprint density at radius 1 is 0.259 bits per heavy atom. The molecule has 0 aliphatic heterocycles. The van der Waals surface area contributed by atoms with E-state index in [1.54, 1.807) is 0 Å². The smallest absolute Gasteiger partial charge is 0.0547 e. The summed E-state index contributed by atoms with van der Waals surface area (Å²) in [6.07, 6.45) is 0. The molecule has 0 bridgehead atoms. The summed E-state index contributed by atoms with van der Waals surface area (Å²) in [5.41, 5.74) is 14.4. The van der Waals surface area contributed by atoms with Crippen LogP contribution in [0.15, 0.2) is 206 Å². The van der Waals surface area contributed by atoms with Gasteiger partial charge >= 0.3 is 0 Å². The second-order valence-electron chi connectivity index (χ2n) is 14.2. The summed E-state index contributed by atoms with van der Waals surface area (Å²) in [4.78, 5) is 0. The predicted octanol–water partition coefficient (Wildman–Crippen LogP) is 14.0. The quantitative estimate of drug-likeness (QED) is 0.171. The highest BCUT2D eigenvalue weighted by Gasteiger charge is 2.19. The molecule has 0 saturated carbocycles. The predicted molar refractivity (Wildman–Crippen MR) is 229 cm³/mol. The van der Waals surface area contributed by atoms with Crippen LogP contribution in [-0.2, 0) is 0 Å². The standard InChI is InChI=1S/C52H34N2/c1-3-12-35(13-4-1)37-22-24-38(25-23-37)44-19-11-21-51-52(44)47-34-41(28-31-50(47)54(51)43-29-26-36-14-7-8-15-39(36)32-43)40-27-30-49-46(33-40)45-18-9-10-20-48(45)53(49)42-16-5-2-6-17-42/h1-34H. The third-order valence-corrected chi connectivity index (χ3v) is 11.1. The van der Waals surface area contributed by atoms with Crippen LogP contribution in [0, 0.1) is 0 Å². The summed E-state index contributed by atoms with van der Waals surface area (Å²) in [6.45, 7) is 0. The monoisotopic (exact) mass is 686 g/mol. The van der Waals surface area contributed by atoms with Gasteiger partial charge < -0.3 is 9.13 Å². The van der Waals surface area contributed by atoms with Gasteiger partial charge in [-0.1, -0.05) is 146 Å². The highest BCUT2D eigenvalue weighted by Crippen LogP contribution is 2.42. The normalized spacial score (nSPS) is 11.7. The zero-order valence-corrected chi connectivity index (χ0v) is 29.5. The topological polar surface area (TPSA) is 9.86 Å². The van der Waals surface area contributed by atoms with E-state index >= 15 is 0 Å². The molecule has 0 fully saturated rings. The van der Waals surface area contributed by atoms with Gasteiger partial charge in [0.1, 0.15) is 0 Å². The van der Waals surface area contributed by atoms with Crippen molar-refractivity contribution in [3.63, 3.8) is 0 Å². The van der Waals surface area contributed by atoms with Crippen molar-refractivity contribution in [2.75, 3.05) is 0 Å². The summed E-state index contributed by atoms with van der Waals surface area (Å²) in [6, 6.07) is 75.2. The van der Waals surface area contributed by atoms with E-state index in [0.717, 1.165) is 5.69 Å². The van der Waals surface area contributed by atoms with Crippen molar-refractivity contribution >= 4 is 54.4 Å². The molecule has 2 heterocycles. The van der Waals surface area contributed by atoms with E-state index in [4.69, 9.17) is 0 Å². The van der Waals surface area contributed by atoms with Gasteiger partial charge in [0.25, 0.3) is 0 Å². The molecule has 0 aliphatic rings. The molecule has 0 radical (unpaired) electrons. The largest absolute Gasteiger partial charge is 0.309 e. The van der Waals surface area contributed by atoms with Crippen LogP contribution in [0.3, 0.4) is 0 Å². The average Bonchev–Trinajstić information content (AvgIpc) is 3.76. The van der Waals surface area contributed by atoms with Gasteiger partial charge in [0.05, 0.1) is 22.1 Å². The summed E-state index contributed by atoms with van der Waals surface area (Å²) in [5, 5.41) is 7.49. The first-order chi connectivity index (χ1) is 26.8. The van der Waals surface area contributed by atoms with Gasteiger partial charge in [-0.2, -0.15) is 0 Å². The van der Waals surface area contributed by atoms with E-state index in [-0.39, 0.29) is 0 Å². The number of rotatable bonds is 5. The Morgan fingerprint density at radius 3 is 1.61 bits per heavy atom. The van der Waals surface area contributed by atoms with Crippen LogP contribution < -0.4 is 0 Å². The lowest BCUT2D eigenvalue weighted by Gasteiger charge is -2.10. The molecular formula is C52H34N2. The highest BCUT2D eigenvalue weighted by molar-refractivity contribution is 6.17. The number of benzene rings is 9. The van der Waals surface area contributed by atoms with E-state index in [1.807, 2.05) is 0 Å². The molecule has 9 aromatic carbocycles. The van der Waals surface area contributed by atoms with Gasteiger partial charge in [0, 0.05) is 32.9 Å². The maximum atomic E-state index is 2.44. The number of nitrogens with zero attached hydrogens (tertiary/aromatic N) is 2. The number of hydrogen-bond acceptors (Lipinski definition) is 0. The number of aromatic nitrogens is 2. The minimum Gasteiger partial charge on any atom is -0.309 e. The Morgan fingerprint density at radius 2 is 0.815 bits per heavy atom. The molecule has 0 N–H and O–H groups in total. The number of fused-ring (bicyclic) bond motifs is 7. The lowest BCUT2D eigenvalue weighted by atomic mass is 9.95. The average molecular weight is 687 g/mol. The lowest BCUT2D eigenvalue weighted by molar-refractivity contribution is 1.18. The van der Waals surface area contributed by atoms with Crippen molar-refractivity contribution in [3.8, 4) is 44.8 Å². The van der Waals surface area contributed by atoms with Crippen molar-refractivity contribution in [2.45, 2.75) is 0 Å². The molecule has 0 saturated heterocycles. The van der Waals surface area contributed by atoms with E-state index in [9.17, 15) is 0 Å². The molecule has 0 amide bonds. The fourth-order valence-corrected chi connectivity index (χ4v) is 8.57. The third kappa shape index (κ3) is 4.81. The Bertz CT molecular complexity index is 3180. The zero-order chi connectivity index (χ0) is 35.6. The zero-order valence-electron chi connectivity index (χ0n) is 29.5. The molecule has 11 rings (SSSR count). The van der Waals surface area contributed by atoms with Gasteiger partial charge in [-0.25, -0.2) is 0 Å². The van der Waals surface area contributed by atoms with Crippen molar-refractivity contribution in [3.05, 3.63) is 206 Å². The second-order valence-corrected chi connectivity index (χ2v) is 14.2. The molecule has 0 atom stereocenters. The van der Waals surface area contributed by atoms with Gasteiger partial charge in [-0.3, -0.25) is 0 Å². The van der Waals surface area contributed by atoms with Crippen LogP contribution in [0.5, 0.6) is 0 Å². The van der Waals surface area contributed by atoms with Crippen LogP contribution in [0.1, 0.15) is 0 Å². The molecule has 54 heavy (non-hydrogen) atoms. The third-order valence-electron chi connectivity index (χ3n) is 11.1. The Labute approximate surface area is 313 Å². The molecule has 0 aliphatic carbocycles. The molecule has 252 valence electrons. The Kier molecular flexibility index (Phi) is 6.90. The maximum Gasteiger partial charge on any atom is 0.0547 e. The maximum absolute atomic E-state index is 2.44.